The van der Waals surface area contributed by atoms with E-state index in [0.717, 1.165) is 6.26 Å². The second-order valence-corrected chi connectivity index (χ2v) is 6.97. The van der Waals surface area contributed by atoms with E-state index < -0.39 is 9.84 Å². The van der Waals surface area contributed by atoms with Crippen LogP contribution in [0, 0.1) is 0 Å². The molecule has 2 aromatic rings. The van der Waals surface area contributed by atoms with E-state index in [-0.39, 0.29) is 4.90 Å². The molecule has 0 aliphatic heterocycles. The number of methoxy groups -OCH3 is 1. The number of benzene rings is 1. The number of hydrogen-bond acceptors (Lipinski definition) is 8. The lowest BCUT2D eigenvalue weighted by Crippen LogP contribution is -2.03. The Morgan fingerprint density at radius 3 is 2.81 bits per heavy atom. The zero-order chi connectivity index (χ0) is 15.5. The van der Waals surface area contributed by atoms with Crippen molar-refractivity contribution in [2.75, 3.05) is 24.5 Å². The van der Waals surface area contributed by atoms with Crippen LogP contribution in [0.3, 0.4) is 0 Å². The normalized spacial score (nSPS) is 11.7. The van der Waals surface area contributed by atoms with Gasteiger partial charge in [-0.1, -0.05) is 0 Å². The Labute approximate surface area is 126 Å². The number of aromatic nitrogens is 1. The van der Waals surface area contributed by atoms with E-state index in [1.807, 2.05) is 0 Å². The lowest BCUT2D eigenvalue weighted by Gasteiger charge is -2.06. The fraction of sp³-hybridized carbons (Fsp3) is 0.167. The minimum atomic E-state index is -3.39. The monoisotopic (exact) mass is 326 g/mol. The first kappa shape index (κ1) is 15.3. The minimum Gasteiger partial charge on any atom is -0.497 e. The highest BCUT2D eigenvalue weighted by Gasteiger charge is 2.13. The van der Waals surface area contributed by atoms with Gasteiger partial charge in [-0.05, 0) is 18.2 Å². The van der Waals surface area contributed by atoms with E-state index in [4.69, 9.17) is 10.5 Å². The van der Waals surface area contributed by atoms with Crippen molar-refractivity contribution in [2.45, 2.75) is 4.90 Å². The zero-order valence-electron chi connectivity index (χ0n) is 11.4. The number of nitrogens with zero attached hydrogens (tertiary/aromatic N) is 2. The lowest BCUT2D eigenvalue weighted by atomic mass is 10.2. The molecule has 0 fully saturated rings. The summed E-state index contributed by atoms with van der Waals surface area (Å²) in [5.74, 6) is 0.868. The molecule has 21 heavy (non-hydrogen) atoms. The van der Waals surface area contributed by atoms with E-state index in [2.05, 4.69) is 15.5 Å². The highest BCUT2D eigenvalue weighted by Crippen LogP contribution is 2.21. The van der Waals surface area contributed by atoms with Crippen LogP contribution >= 0.6 is 11.3 Å². The highest BCUT2D eigenvalue weighted by atomic mass is 32.2. The van der Waals surface area contributed by atoms with E-state index in [9.17, 15) is 8.42 Å². The molecule has 0 unspecified atom stereocenters. The summed E-state index contributed by atoms with van der Waals surface area (Å²) in [6, 6.07) is 4.74. The third-order valence-electron chi connectivity index (χ3n) is 2.51. The van der Waals surface area contributed by atoms with Crippen LogP contribution < -0.4 is 15.9 Å². The highest BCUT2D eigenvalue weighted by molar-refractivity contribution is 7.90. The van der Waals surface area contributed by atoms with E-state index >= 15 is 0 Å². The van der Waals surface area contributed by atoms with Crippen LogP contribution in [0.2, 0.25) is 0 Å². The summed E-state index contributed by atoms with van der Waals surface area (Å²) in [6.45, 7) is 0. The second-order valence-electron chi connectivity index (χ2n) is 4.12. The van der Waals surface area contributed by atoms with E-state index in [0.29, 0.717) is 22.3 Å². The first-order chi connectivity index (χ1) is 9.90. The van der Waals surface area contributed by atoms with Gasteiger partial charge in [-0.2, -0.15) is 5.10 Å². The molecule has 1 aromatic heterocycles. The SMILES string of the molecule is COc1ccc(C=NNc2nc(N)cs2)c(S(C)(=O)=O)c1. The number of sulfone groups is 1. The number of rotatable bonds is 5. The summed E-state index contributed by atoms with van der Waals surface area (Å²) >= 11 is 1.30. The van der Waals surface area contributed by atoms with Crippen LogP contribution in [0.1, 0.15) is 5.56 Å². The first-order valence-corrected chi connectivity index (χ1v) is 8.55. The number of nitrogens with one attached hydrogen (secondary N) is 1. The largest absolute Gasteiger partial charge is 0.497 e. The Balaban J connectivity index is 2.27. The summed E-state index contributed by atoms with van der Waals surface area (Å²) in [4.78, 5) is 4.12. The van der Waals surface area contributed by atoms with Crippen LogP contribution in [-0.4, -0.2) is 33.0 Å². The van der Waals surface area contributed by atoms with Gasteiger partial charge in [0.05, 0.1) is 18.2 Å². The molecule has 0 atom stereocenters. The molecule has 0 aliphatic rings. The van der Waals surface area contributed by atoms with Crippen LogP contribution in [0.25, 0.3) is 0 Å². The van der Waals surface area contributed by atoms with Gasteiger partial charge >= 0.3 is 0 Å². The standard InChI is InChI=1S/C12H14N4O3S2/c1-19-9-4-3-8(10(5-9)21(2,17)18)6-14-16-12-15-11(13)7-20-12/h3-7H,13H2,1-2H3,(H,15,16). The van der Waals surface area contributed by atoms with Crippen LogP contribution in [0.4, 0.5) is 10.9 Å². The smallest absolute Gasteiger partial charge is 0.205 e. The average Bonchev–Trinajstić information content (AvgIpc) is 2.83. The van der Waals surface area contributed by atoms with Gasteiger partial charge in [-0.25, -0.2) is 13.4 Å². The third-order valence-corrected chi connectivity index (χ3v) is 4.42. The Hall–Kier alpha value is -2.13. The number of nitrogens with two attached hydrogens (primary N) is 1. The van der Waals surface area contributed by atoms with Crippen molar-refractivity contribution in [1.82, 2.24) is 4.98 Å². The number of thiazole rings is 1. The third kappa shape index (κ3) is 3.92. The predicted molar refractivity (Wildman–Crippen MR) is 83.8 cm³/mol. The maximum atomic E-state index is 11.8. The van der Waals surface area contributed by atoms with Crippen molar-refractivity contribution >= 4 is 38.3 Å². The molecule has 2 rings (SSSR count). The van der Waals surface area contributed by atoms with Gasteiger partial charge in [0, 0.05) is 17.2 Å². The summed E-state index contributed by atoms with van der Waals surface area (Å²) in [6.07, 6.45) is 2.54. The Kier molecular flexibility index (Phi) is 4.43. The molecule has 7 nitrogen and oxygen atoms in total. The van der Waals surface area contributed by atoms with Crippen molar-refractivity contribution in [1.29, 1.82) is 0 Å². The summed E-state index contributed by atoms with van der Waals surface area (Å²) in [5.41, 5.74) is 8.63. The minimum absolute atomic E-state index is 0.144. The van der Waals surface area contributed by atoms with Crippen molar-refractivity contribution in [3.8, 4) is 5.75 Å². The number of ether oxygens (including phenoxy) is 1. The van der Waals surface area contributed by atoms with Gasteiger partial charge in [0.15, 0.2) is 9.84 Å². The average molecular weight is 326 g/mol. The molecule has 0 saturated heterocycles. The molecule has 1 heterocycles. The number of anilines is 2. The number of hydrogen-bond donors (Lipinski definition) is 2. The zero-order valence-corrected chi connectivity index (χ0v) is 13.0. The molecule has 0 radical (unpaired) electrons. The van der Waals surface area contributed by atoms with Crippen molar-refractivity contribution in [2.24, 2.45) is 5.10 Å². The summed E-state index contributed by atoms with van der Waals surface area (Å²) in [5, 5.41) is 6.17. The van der Waals surface area contributed by atoms with Gasteiger partial charge < -0.3 is 10.5 Å². The van der Waals surface area contributed by atoms with Crippen molar-refractivity contribution in [3.05, 3.63) is 29.1 Å². The van der Waals surface area contributed by atoms with Crippen molar-refractivity contribution < 1.29 is 13.2 Å². The van der Waals surface area contributed by atoms with Crippen LogP contribution in [-0.2, 0) is 9.84 Å². The lowest BCUT2D eigenvalue weighted by molar-refractivity contribution is 0.413. The van der Waals surface area contributed by atoms with E-state index in [1.54, 1.807) is 17.5 Å². The molecule has 1 aromatic carbocycles. The Bertz CT molecular complexity index is 769. The molecule has 112 valence electrons. The van der Waals surface area contributed by atoms with E-state index in [1.165, 1.54) is 30.7 Å². The number of hydrazone groups is 1. The summed E-state index contributed by atoms with van der Waals surface area (Å²) in [7, 11) is -1.91. The van der Waals surface area contributed by atoms with Crippen LogP contribution in [0.15, 0.2) is 33.6 Å². The van der Waals surface area contributed by atoms with Crippen LogP contribution in [0.5, 0.6) is 5.75 Å². The quantitative estimate of drug-likeness (QED) is 0.638. The van der Waals surface area contributed by atoms with Gasteiger partial charge in [-0.15, -0.1) is 11.3 Å². The molecule has 0 aliphatic carbocycles. The fourth-order valence-corrected chi connectivity index (χ4v) is 2.99. The molecule has 0 saturated carbocycles. The molecule has 0 bridgehead atoms. The second kappa shape index (κ2) is 6.10. The maximum Gasteiger partial charge on any atom is 0.205 e. The fourth-order valence-electron chi connectivity index (χ4n) is 1.56. The Morgan fingerprint density at radius 1 is 1.48 bits per heavy atom. The number of nitrogen functional groups attached to an aromatic ring is 1. The molecule has 0 spiro atoms. The predicted octanol–water partition coefficient (Wildman–Crippen LogP) is 1.58. The van der Waals surface area contributed by atoms with Gasteiger partial charge in [0.2, 0.25) is 5.13 Å². The van der Waals surface area contributed by atoms with Gasteiger partial charge in [0.25, 0.3) is 0 Å². The first-order valence-electron chi connectivity index (χ1n) is 5.78. The molecular formula is C12H14N4O3S2. The maximum absolute atomic E-state index is 11.8. The molecule has 3 N–H and O–H groups in total. The molecule has 9 heteroatoms. The topological polar surface area (TPSA) is 107 Å². The van der Waals surface area contributed by atoms with Gasteiger partial charge in [0.1, 0.15) is 11.6 Å². The van der Waals surface area contributed by atoms with Crippen molar-refractivity contribution in [3.63, 3.8) is 0 Å². The molecular weight excluding hydrogens is 312 g/mol. The molecule has 0 amide bonds. The van der Waals surface area contributed by atoms with Gasteiger partial charge in [-0.3, -0.25) is 5.43 Å². The summed E-state index contributed by atoms with van der Waals surface area (Å²) < 4.78 is 28.6. The Morgan fingerprint density at radius 2 is 2.24 bits per heavy atom.